The molecule has 0 radical (unpaired) electrons. The molecule has 12 heteroatoms. The third-order valence-electron chi connectivity index (χ3n) is 3.45. The lowest BCUT2D eigenvalue weighted by Crippen LogP contribution is -2.21. The first-order valence-corrected chi connectivity index (χ1v) is 7.32. The van der Waals surface area contributed by atoms with Crippen LogP contribution in [0.2, 0.25) is 0 Å². The van der Waals surface area contributed by atoms with Crippen LogP contribution in [0.25, 0.3) is 5.69 Å². The minimum atomic E-state index is -0.762. The van der Waals surface area contributed by atoms with Gasteiger partial charge in [-0.05, 0) is 35.0 Å². The SMILES string of the molecule is C/C(=N\NC(=O)c1nn(C)cc1[N+](=O)[O-])c1ccc(-n2cnnn2)cc1. The zero-order chi connectivity index (χ0) is 18.7. The molecule has 0 aliphatic carbocycles. The van der Waals surface area contributed by atoms with Crippen LogP contribution in [0.15, 0.2) is 41.9 Å². The number of aromatic nitrogens is 6. The van der Waals surface area contributed by atoms with Crippen molar-refractivity contribution in [2.24, 2.45) is 12.1 Å². The van der Waals surface area contributed by atoms with Gasteiger partial charge in [-0.2, -0.15) is 10.2 Å². The van der Waals surface area contributed by atoms with E-state index in [2.05, 4.69) is 31.2 Å². The average molecular weight is 355 g/mol. The molecule has 0 aliphatic heterocycles. The number of benzene rings is 1. The quantitative estimate of drug-likeness (QED) is 0.397. The largest absolute Gasteiger partial charge is 0.320 e. The van der Waals surface area contributed by atoms with Gasteiger partial charge in [-0.1, -0.05) is 12.1 Å². The van der Waals surface area contributed by atoms with Crippen molar-refractivity contribution in [3.05, 3.63) is 58.2 Å². The molecule has 0 saturated carbocycles. The zero-order valence-corrected chi connectivity index (χ0v) is 13.8. The minimum absolute atomic E-state index is 0.303. The summed E-state index contributed by atoms with van der Waals surface area (Å²) in [5, 5.41) is 29.6. The normalized spacial score (nSPS) is 11.4. The maximum absolute atomic E-state index is 12.1. The summed E-state index contributed by atoms with van der Waals surface area (Å²) >= 11 is 0. The lowest BCUT2D eigenvalue weighted by Gasteiger charge is -2.04. The minimum Gasteiger partial charge on any atom is -0.268 e. The van der Waals surface area contributed by atoms with E-state index in [1.54, 1.807) is 31.2 Å². The van der Waals surface area contributed by atoms with E-state index in [1.807, 2.05) is 0 Å². The summed E-state index contributed by atoms with van der Waals surface area (Å²) in [5.74, 6) is -0.762. The fraction of sp³-hybridized carbons (Fsp3) is 0.143. The predicted octanol–water partition coefficient (Wildman–Crippen LogP) is 0.458. The van der Waals surface area contributed by atoms with Crippen LogP contribution >= 0.6 is 0 Å². The molecule has 12 nitrogen and oxygen atoms in total. The molecule has 132 valence electrons. The molecule has 26 heavy (non-hydrogen) atoms. The summed E-state index contributed by atoms with van der Waals surface area (Å²) in [7, 11) is 1.49. The topological polar surface area (TPSA) is 146 Å². The van der Waals surface area contributed by atoms with E-state index in [9.17, 15) is 14.9 Å². The molecule has 0 spiro atoms. The number of nitro groups is 1. The highest BCUT2D eigenvalue weighted by Gasteiger charge is 2.24. The number of nitrogens with zero attached hydrogens (tertiary/aromatic N) is 8. The second-order valence-corrected chi connectivity index (χ2v) is 5.23. The van der Waals surface area contributed by atoms with Crippen molar-refractivity contribution in [3.8, 4) is 5.69 Å². The van der Waals surface area contributed by atoms with Gasteiger partial charge >= 0.3 is 5.69 Å². The Balaban J connectivity index is 1.74. The number of carbonyl (C=O) groups excluding carboxylic acids is 1. The molecular formula is C14H13N9O3. The zero-order valence-electron chi connectivity index (χ0n) is 13.8. The van der Waals surface area contributed by atoms with Gasteiger partial charge in [-0.3, -0.25) is 19.6 Å². The number of hydrogen-bond donors (Lipinski definition) is 1. The molecule has 3 aromatic rings. The highest BCUT2D eigenvalue weighted by atomic mass is 16.6. The van der Waals surface area contributed by atoms with Crippen LogP contribution in [0.4, 0.5) is 5.69 Å². The molecule has 1 aromatic carbocycles. The van der Waals surface area contributed by atoms with Crippen LogP contribution in [0.1, 0.15) is 23.0 Å². The van der Waals surface area contributed by atoms with E-state index in [-0.39, 0.29) is 11.4 Å². The van der Waals surface area contributed by atoms with Gasteiger partial charge in [0.05, 0.1) is 16.3 Å². The van der Waals surface area contributed by atoms with Gasteiger partial charge in [0.1, 0.15) is 12.5 Å². The van der Waals surface area contributed by atoms with Gasteiger partial charge in [0.2, 0.25) is 5.69 Å². The van der Waals surface area contributed by atoms with Crippen molar-refractivity contribution < 1.29 is 9.72 Å². The first-order chi connectivity index (χ1) is 12.5. The van der Waals surface area contributed by atoms with Crippen LogP contribution < -0.4 is 5.43 Å². The van der Waals surface area contributed by atoms with E-state index < -0.39 is 10.8 Å². The highest BCUT2D eigenvalue weighted by molar-refractivity contribution is 6.01. The Kier molecular flexibility index (Phi) is 4.47. The number of carbonyl (C=O) groups is 1. The molecule has 0 aliphatic rings. The van der Waals surface area contributed by atoms with Crippen LogP contribution in [-0.2, 0) is 7.05 Å². The van der Waals surface area contributed by atoms with Gasteiger partial charge in [-0.25, -0.2) is 10.1 Å². The van der Waals surface area contributed by atoms with Gasteiger partial charge < -0.3 is 0 Å². The highest BCUT2D eigenvalue weighted by Crippen LogP contribution is 2.15. The number of aryl methyl sites for hydroxylation is 1. The molecule has 1 amide bonds. The summed E-state index contributed by atoms with van der Waals surface area (Å²) in [5.41, 5.74) is 3.62. The Morgan fingerprint density at radius 2 is 2.04 bits per heavy atom. The molecule has 0 bridgehead atoms. The van der Waals surface area contributed by atoms with Crippen LogP contribution in [-0.4, -0.2) is 46.5 Å². The Labute approximate surface area is 146 Å². The number of hydrazone groups is 1. The van der Waals surface area contributed by atoms with Gasteiger partial charge in [0.15, 0.2) is 0 Å². The summed E-state index contributed by atoms with van der Waals surface area (Å²) < 4.78 is 2.69. The third-order valence-corrected chi connectivity index (χ3v) is 3.45. The Morgan fingerprint density at radius 1 is 1.31 bits per heavy atom. The van der Waals surface area contributed by atoms with Crippen LogP contribution in [0, 0.1) is 10.1 Å². The van der Waals surface area contributed by atoms with Crippen molar-refractivity contribution in [2.75, 3.05) is 0 Å². The molecule has 0 atom stereocenters. The number of hydrogen-bond acceptors (Lipinski definition) is 8. The molecule has 0 unspecified atom stereocenters. The monoisotopic (exact) mass is 355 g/mol. The maximum Gasteiger partial charge on any atom is 0.320 e. The fourth-order valence-electron chi connectivity index (χ4n) is 2.16. The van der Waals surface area contributed by atoms with E-state index in [0.29, 0.717) is 5.71 Å². The standard InChI is InChI=1S/C14H13N9O3/c1-9(10-3-5-11(6-4-10)22-8-15-19-20-22)16-17-14(24)13-12(23(25)26)7-21(2)18-13/h3-8H,1-2H3,(H,17,24)/b16-9+. The Hall–Kier alpha value is -3.96. The molecule has 0 fully saturated rings. The Morgan fingerprint density at radius 3 is 2.65 bits per heavy atom. The van der Waals surface area contributed by atoms with Crippen molar-refractivity contribution in [1.82, 2.24) is 35.4 Å². The third kappa shape index (κ3) is 3.43. The van der Waals surface area contributed by atoms with Crippen molar-refractivity contribution in [1.29, 1.82) is 0 Å². The van der Waals surface area contributed by atoms with E-state index in [4.69, 9.17) is 0 Å². The van der Waals surface area contributed by atoms with Gasteiger partial charge in [-0.15, -0.1) is 5.10 Å². The van der Waals surface area contributed by atoms with Crippen molar-refractivity contribution in [2.45, 2.75) is 6.92 Å². The Bertz CT molecular complexity index is 974. The summed E-state index contributed by atoms with van der Waals surface area (Å²) in [6, 6.07) is 7.14. The first-order valence-electron chi connectivity index (χ1n) is 7.32. The van der Waals surface area contributed by atoms with E-state index in [1.165, 1.54) is 22.7 Å². The van der Waals surface area contributed by atoms with Crippen LogP contribution in [0.3, 0.4) is 0 Å². The van der Waals surface area contributed by atoms with Crippen LogP contribution in [0.5, 0.6) is 0 Å². The molecule has 2 aromatic heterocycles. The number of tetrazole rings is 1. The summed E-state index contributed by atoms with van der Waals surface area (Å²) in [4.78, 5) is 22.4. The van der Waals surface area contributed by atoms with Gasteiger partial charge in [0, 0.05) is 7.05 Å². The fourth-order valence-corrected chi connectivity index (χ4v) is 2.16. The predicted molar refractivity (Wildman–Crippen MR) is 88.7 cm³/mol. The average Bonchev–Trinajstić information content (AvgIpc) is 3.29. The molecule has 1 N–H and O–H groups in total. The number of amides is 1. The number of nitrogens with one attached hydrogen (secondary N) is 1. The summed E-state index contributed by atoms with van der Waals surface area (Å²) in [6.07, 6.45) is 2.62. The maximum atomic E-state index is 12.1. The molecule has 0 saturated heterocycles. The second kappa shape index (κ2) is 6.88. The first kappa shape index (κ1) is 16.9. The molecule has 2 heterocycles. The van der Waals surface area contributed by atoms with Crippen molar-refractivity contribution >= 4 is 17.3 Å². The molecule has 3 rings (SSSR count). The lowest BCUT2D eigenvalue weighted by molar-refractivity contribution is -0.385. The van der Waals surface area contributed by atoms with E-state index in [0.717, 1.165) is 17.4 Å². The summed E-state index contributed by atoms with van der Waals surface area (Å²) in [6.45, 7) is 1.69. The smallest absolute Gasteiger partial charge is 0.268 e. The second-order valence-electron chi connectivity index (χ2n) is 5.23. The van der Waals surface area contributed by atoms with E-state index >= 15 is 0 Å². The van der Waals surface area contributed by atoms with Gasteiger partial charge in [0.25, 0.3) is 5.91 Å². The van der Waals surface area contributed by atoms with Crippen molar-refractivity contribution in [3.63, 3.8) is 0 Å². The number of rotatable bonds is 5. The lowest BCUT2D eigenvalue weighted by atomic mass is 10.1. The molecular weight excluding hydrogens is 342 g/mol.